The van der Waals surface area contributed by atoms with Crippen molar-refractivity contribution in [3.63, 3.8) is 0 Å². The highest BCUT2D eigenvalue weighted by molar-refractivity contribution is 6.02. The molecule has 0 saturated heterocycles. The molecule has 2 aromatic rings. The number of rotatable bonds is 3. The van der Waals surface area contributed by atoms with E-state index in [4.69, 9.17) is 10.2 Å². The van der Waals surface area contributed by atoms with Gasteiger partial charge in [-0.05, 0) is 23.3 Å². The molecule has 0 atom stereocenters. The van der Waals surface area contributed by atoms with E-state index in [2.05, 4.69) is 0 Å². The van der Waals surface area contributed by atoms with Crippen molar-refractivity contribution in [2.24, 2.45) is 0 Å². The first-order valence-electron chi connectivity index (χ1n) is 5.26. The summed E-state index contributed by atoms with van der Waals surface area (Å²) in [6.45, 7) is 0. The van der Waals surface area contributed by atoms with Crippen LogP contribution in [-0.2, 0) is 0 Å². The summed E-state index contributed by atoms with van der Waals surface area (Å²) >= 11 is 0. The van der Waals surface area contributed by atoms with Gasteiger partial charge in [0, 0.05) is 0 Å². The summed E-state index contributed by atoms with van der Waals surface area (Å²) in [5, 5.41) is 18.2. The predicted octanol–water partition coefficient (Wildman–Crippen LogP) is 3.59. The Hall–Kier alpha value is -2.04. The highest BCUT2D eigenvalue weighted by atomic mass is 35.5. The summed E-state index contributed by atoms with van der Waals surface area (Å²) in [6.07, 6.45) is 0. The fraction of sp³-hybridized carbons (Fsp3) is 0. The maximum absolute atomic E-state index is 11.1. The lowest BCUT2D eigenvalue weighted by Crippen LogP contribution is -2.03. The number of hydrogen-bond acceptors (Lipinski definition) is 2. The second-order valence-corrected chi connectivity index (χ2v) is 3.70. The van der Waals surface area contributed by atoms with Gasteiger partial charge in [0.05, 0.1) is 11.1 Å². The fourth-order valence-electron chi connectivity index (χ4n) is 1.81. The van der Waals surface area contributed by atoms with Gasteiger partial charge in [0.15, 0.2) is 0 Å². The minimum atomic E-state index is -1.08. The molecule has 0 saturated carbocycles. The lowest BCUT2D eigenvalue weighted by atomic mass is 9.95. The van der Waals surface area contributed by atoms with Crippen LogP contribution in [0.4, 0.5) is 0 Å². The van der Waals surface area contributed by atoms with E-state index in [0.29, 0.717) is 11.1 Å². The van der Waals surface area contributed by atoms with Crippen LogP contribution in [0.25, 0.3) is 11.1 Å². The third-order valence-corrected chi connectivity index (χ3v) is 2.61. The molecule has 0 aromatic heterocycles. The Kier molecular flexibility index (Phi) is 6.76. The number of halogens is 2. The molecule has 0 aliphatic carbocycles. The molecular weight excluding hydrogens is 303 g/mol. The molecular formula is C14H12Cl2O4. The molecule has 0 heterocycles. The van der Waals surface area contributed by atoms with Crippen molar-refractivity contribution in [3.8, 4) is 11.1 Å². The average molecular weight is 315 g/mol. The molecule has 2 aromatic carbocycles. The second-order valence-electron chi connectivity index (χ2n) is 3.70. The monoisotopic (exact) mass is 314 g/mol. The largest absolute Gasteiger partial charge is 0.478 e. The Bertz CT molecular complexity index is 571. The molecule has 2 N–H and O–H groups in total. The van der Waals surface area contributed by atoms with Gasteiger partial charge in [-0.25, -0.2) is 9.59 Å². The third-order valence-electron chi connectivity index (χ3n) is 2.61. The fourth-order valence-corrected chi connectivity index (χ4v) is 1.81. The number of hydrogen-bond donors (Lipinski definition) is 2. The van der Waals surface area contributed by atoms with Gasteiger partial charge in [-0.2, -0.15) is 0 Å². The van der Waals surface area contributed by atoms with Crippen molar-refractivity contribution in [2.45, 2.75) is 0 Å². The Labute approximate surface area is 127 Å². The van der Waals surface area contributed by atoms with Crippen LogP contribution in [0.3, 0.4) is 0 Å². The van der Waals surface area contributed by atoms with Gasteiger partial charge in [0.1, 0.15) is 0 Å². The smallest absolute Gasteiger partial charge is 0.336 e. The predicted molar refractivity (Wildman–Crippen MR) is 80.3 cm³/mol. The first kappa shape index (κ1) is 18.0. The van der Waals surface area contributed by atoms with E-state index in [9.17, 15) is 9.59 Å². The quantitative estimate of drug-likeness (QED) is 0.907. The van der Waals surface area contributed by atoms with E-state index in [1.165, 1.54) is 12.1 Å². The van der Waals surface area contributed by atoms with Crippen LogP contribution in [0, 0.1) is 0 Å². The second kappa shape index (κ2) is 7.53. The highest BCUT2D eigenvalue weighted by Crippen LogP contribution is 2.27. The van der Waals surface area contributed by atoms with E-state index in [1.54, 1.807) is 36.4 Å². The van der Waals surface area contributed by atoms with Crippen molar-refractivity contribution in [2.75, 3.05) is 0 Å². The van der Waals surface area contributed by atoms with Gasteiger partial charge >= 0.3 is 11.9 Å². The van der Waals surface area contributed by atoms with Crippen molar-refractivity contribution >= 4 is 36.8 Å². The van der Waals surface area contributed by atoms with Gasteiger partial charge in [-0.1, -0.05) is 36.4 Å². The van der Waals surface area contributed by atoms with Gasteiger partial charge in [-0.3, -0.25) is 0 Å². The zero-order valence-corrected chi connectivity index (χ0v) is 11.8. The average Bonchev–Trinajstić information content (AvgIpc) is 2.38. The number of benzene rings is 2. The van der Waals surface area contributed by atoms with Gasteiger partial charge in [0.2, 0.25) is 0 Å². The molecule has 20 heavy (non-hydrogen) atoms. The van der Waals surface area contributed by atoms with Gasteiger partial charge in [-0.15, -0.1) is 24.8 Å². The zero-order valence-electron chi connectivity index (χ0n) is 10.1. The van der Waals surface area contributed by atoms with Crippen molar-refractivity contribution < 1.29 is 19.8 Å². The molecule has 0 aliphatic rings. The minimum Gasteiger partial charge on any atom is -0.478 e. The van der Waals surface area contributed by atoms with E-state index in [-0.39, 0.29) is 35.9 Å². The summed E-state index contributed by atoms with van der Waals surface area (Å²) in [5.74, 6) is -2.16. The summed E-state index contributed by atoms with van der Waals surface area (Å²) in [5.41, 5.74) is 0.989. The Balaban J connectivity index is 0.00000180. The molecule has 2 rings (SSSR count). The van der Waals surface area contributed by atoms with E-state index >= 15 is 0 Å². The Morgan fingerprint density at radius 3 is 1.25 bits per heavy atom. The maximum atomic E-state index is 11.1. The van der Waals surface area contributed by atoms with Crippen LogP contribution in [0.15, 0.2) is 48.5 Å². The number of carboxylic acid groups (broad SMARTS) is 2. The lowest BCUT2D eigenvalue weighted by molar-refractivity contribution is 0.0684. The molecule has 0 spiro atoms. The van der Waals surface area contributed by atoms with Gasteiger partial charge in [0.25, 0.3) is 0 Å². The van der Waals surface area contributed by atoms with Crippen molar-refractivity contribution in [1.29, 1.82) is 0 Å². The molecule has 6 heteroatoms. The van der Waals surface area contributed by atoms with E-state index in [1.807, 2.05) is 0 Å². The molecule has 106 valence electrons. The van der Waals surface area contributed by atoms with Crippen LogP contribution in [0.1, 0.15) is 20.7 Å². The molecule has 0 unspecified atom stereocenters. The number of aromatic carboxylic acids is 2. The number of carbonyl (C=O) groups is 2. The minimum absolute atomic E-state index is 0. The summed E-state index contributed by atoms with van der Waals surface area (Å²) in [7, 11) is 0. The van der Waals surface area contributed by atoms with Crippen molar-refractivity contribution in [1.82, 2.24) is 0 Å². The Morgan fingerprint density at radius 2 is 0.950 bits per heavy atom. The zero-order chi connectivity index (χ0) is 13.1. The lowest BCUT2D eigenvalue weighted by Gasteiger charge is -2.08. The van der Waals surface area contributed by atoms with Crippen LogP contribution in [0.2, 0.25) is 0 Å². The van der Waals surface area contributed by atoms with E-state index in [0.717, 1.165) is 0 Å². The molecule has 0 aliphatic heterocycles. The maximum Gasteiger partial charge on any atom is 0.336 e. The standard InChI is InChI=1S/C14H10O4.2ClH/c15-13(16)11-7-3-1-5-9(11)10-6-2-4-8-12(10)14(17)18;;/h1-8H,(H,15,16)(H,17,18);2*1H. The molecule has 0 bridgehead atoms. The summed E-state index contributed by atoms with van der Waals surface area (Å²) < 4.78 is 0. The van der Waals surface area contributed by atoms with Crippen LogP contribution in [-0.4, -0.2) is 22.2 Å². The normalized spacial score (nSPS) is 9.00. The Morgan fingerprint density at radius 1 is 0.650 bits per heavy atom. The van der Waals surface area contributed by atoms with E-state index < -0.39 is 11.9 Å². The summed E-state index contributed by atoms with van der Waals surface area (Å²) in [6, 6.07) is 12.7. The van der Waals surface area contributed by atoms with Crippen molar-refractivity contribution in [3.05, 3.63) is 59.7 Å². The van der Waals surface area contributed by atoms with Crippen LogP contribution < -0.4 is 0 Å². The first-order chi connectivity index (χ1) is 8.61. The summed E-state index contributed by atoms with van der Waals surface area (Å²) in [4.78, 5) is 22.3. The van der Waals surface area contributed by atoms with Crippen LogP contribution >= 0.6 is 24.8 Å². The first-order valence-corrected chi connectivity index (χ1v) is 5.26. The molecule has 0 amide bonds. The SMILES string of the molecule is Cl.Cl.O=C(O)c1ccccc1-c1ccccc1C(=O)O. The topological polar surface area (TPSA) is 74.6 Å². The van der Waals surface area contributed by atoms with Crippen LogP contribution in [0.5, 0.6) is 0 Å². The highest BCUT2D eigenvalue weighted by Gasteiger charge is 2.16. The molecule has 0 fully saturated rings. The molecule has 4 nitrogen and oxygen atoms in total. The molecule has 0 radical (unpaired) electrons. The van der Waals surface area contributed by atoms with Gasteiger partial charge < -0.3 is 10.2 Å². The number of carboxylic acids is 2. The third kappa shape index (κ3) is 3.50.